The Kier molecular flexibility index (Phi) is 5.21. The Morgan fingerprint density at radius 1 is 1.32 bits per heavy atom. The summed E-state index contributed by atoms with van der Waals surface area (Å²) in [5.74, 6) is 0.841. The maximum atomic E-state index is 12.6. The van der Waals surface area contributed by atoms with Gasteiger partial charge in [0, 0.05) is 12.6 Å². The van der Waals surface area contributed by atoms with Gasteiger partial charge in [-0.25, -0.2) is 0 Å². The molecular formula is C15H24N2O2. The normalized spacial score (nSPS) is 10.9. The molecule has 4 nitrogen and oxygen atoms in total. The molecule has 1 aromatic rings. The van der Waals surface area contributed by atoms with Crippen LogP contribution < -0.4 is 10.5 Å². The van der Waals surface area contributed by atoms with Gasteiger partial charge in [0.25, 0.3) is 5.91 Å². The van der Waals surface area contributed by atoms with Crippen molar-refractivity contribution in [3.8, 4) is 5.75 Å². The summed E-state index contributed by atoms with van der Waals surface area (Å²) in [6.07, 6.45) is 0. The molecule has 0 unspecified atom stereocenters. The summed E-state index contributed by atoms with van der Waals surface area (Å²) in [6, 6.07) is 5.41. The van der Waals surface area contributed by atoms with Crippen LogP contribution in [0.3, 0.4) is 0 Å². The number of nitrogens with zero attached hydrogens (tertiary/aromatic N) is 1. The molecule has 0 aromatic heterocycles. The van der Waals surface area contributed by atoms with E-state index in [2.05, 4.69) is 13.8 Å². The zero-order valence-corrected chi connectivity index (χ0v) is 12.4. The van der Waals surface area contributed by atoms with E-state index in [0.29, 0.717) is 29.5 Å². The van der Waals surface area contributed by atoms with Crippen molar-refractivity contribution in [2.24, 2.45) is 5.92 Å². The van der Waals surface area contributed by atoms with Crippen molar-refractivity contribution < 1.29 is 9.53 Å². The summed E-state index contributed by atoms with van der Waals surface area (Å²) in [7, 11) is 1.53. The van der Waals surface area contributed by atoms with Crippen molar-refractivity contribution in [3.05, 3.63) is 23.8 Å². The van der Waals surface area contributed by atoms with Gasteiger partial charge in [-0.1, -0.05) is 19.9 Å². The first-order valence-electron chi connectivity index (χ1n) is 6.61. The lowest BCUT2D eigenvalue weighted by Gasteiger charge is -2.29. The fourth-order valence-corrected chi connectivity index (χ4v) is 2.03. The number of nitrogens with two attached hydrogens (primary N) is 1. The summed E-state index contributed by atoms with van der Waals surface area (Å²) < 4.78 is 5.26. The number of anilines is 1. The monoisotopic (exact) mass is 264 g/mol. The van der Waals surface area contributed by atoms with Crippen LogP contribution in [0.4, 0.5) is 5.69 Å². The number of hydrogen-bond donors (Lipinski definition) is 1. The zero-order chi connectivity index (χ0) is 14.6. The highest BCUT2D eigenvalue weighted by Gasteiger charge is 2.23. The fourth-order valence-electron chi connectivity index (χ4n) is 2.03. The lowest BCUT2D eigenvalue weighted by molar-refractivity contribution is 0.0678. The molecule has 0 aliphatic rings. The quantitative estimate of drug-likeness (QED) is 0.832. The van der Waals surface area contributed by atoms with Crippen LogP contribution in [0.2, 0.25) is 0 Å². The van der Waals surface area contributed by atoms with Crippen molar-refractivity contribution >= 4 is 11.6 Å². The Balaban J connectivity index is 3.13. The number of methoxy groups -OCH3 is 1. The minimum Gasteiger partial charge on any atom is -0.494 e. The topological polar surface area (TPSA) is 55.6 Å². The number of nitrogen functional groups attached to an aromatic ring is 1. The molecule has 0 saturated heterocycles. The van der Waals surface area contributed by atoms with E-state index in [1.165, 1.54) is 7.11 Å². The minimum atomic E-state index is -0.0344. The molecule has 106 valence electrons. The third-order valence-electron chi connectivity index (χ3n) is 2.93. The Morgan fingerprint density at radius 3 is 2.42 bits per heavy atom. The van der Waals surface area contributed by atoms with Crippen LogP contribution in [0.25, 0.3) is 0 Å². The standard InChI is InChI=1S/C15H24N2O2/c1-10(2)9-17(11(3)4)15(18)12-7-6-8-13(16)14(12)19-5/h6-8,10-11H,9,16H2,1-5H3. The summed E-state index contributed by atoms with van der Waals surface area (Å²) >= 11 is 0. The summed E-state index contributed by atoms with van der Waals surface area (Å²) in [6.45, 7) is 8.94. The molecule has 1 aromatic carbocycles. The average Bonchev–Trinajstić information content (AvgIpc) is 2.34. The molecule has 0 aliphatic carbocycles. The van der Waals surface area contributed by atoms with Crippen molar-refractivity contribution in [1.29, 1.82) is 0 Å². The lowest BCUT2D eigenvalue weighted by atomic mass is 10.1. The van der Waals surface area contributed by atoms with Gasteiger partial charge in [0.1, 0.15) is 0 Å². The third kappa shape index (κ3) is 3.63. The van der Waals surface area contributed by atoms with E-state index in [1.54, 1.807) is 18.2 Å². The molecule has 0 spiro atoms. The van der Waals surface area contributed by atoms with Crippen LogP contribution in [-0.2, 0) is 0 Å². The zero-order valence-electron chi connectivity index (χ0n) is 12.4. The number of ether oxygens (including phenoxy) is 1. The van der Waals surface area contributed by atoms with E-state index in [9.17, 15) is 4.79 Å². The van der Waals surface area contributed by atoms with Gasteiger partial charge in [-0.3, -0.25) is 4.79 Å². The van der Waals surface area contributed by atoms with Crippen molar-refractivity contribution in [2.45, 2.75) is 33.7 Å². The number of hydrogen-bond acceptors (Lipinski definition) is 3. The number of para-hydroxylation sites is 1. The van der Waals surface area contributed by atoms with E-state index >= 15 is 0 Å². The van der Waals surface area contributed by atoms with Crippen molar-refractivity contribution in [2.75, 3.05) is 19.4 Å². The molecule has 2 N–H and O–H groups in total. The highest BCUT2D eigenvalue weighted by atomic mass is 16.5. The smallest absolute Gasteiger partial charge is 0.257 e. The first kappa shape index (κ1) is 15.3. The molecule has 1 rings (SSSR count). The number of amides is 1. The van der Waals surface area contributed by atoms with Crippen molar-refractivity contribution in [1.82, 2.24) is 4.90 Å². The number of carbonyl (C=O) groups is 1. The maximum absolute atomic E-state index is 12.6. The van der Waals surface area contributed by atoms with Crippen LogP contribution in [0.15, 0.2) is 18.2 Å². The second kappa shape index (κ2) is 6.45. The SMILES string of the molecule is COc1c(N)cccc1C(=O)N(CC(C)C)C(C)C. The number of rotatable bonds is 5. The van der Waals surface area contributed by atoms with Gasteiger partial charge >= 0.3 is 0 Å². The molecule has 0 saturated carbocycles. The fraction of sp³-hybridized carbons (Fsp3) is 0.533. The molecule has 0 aliphatic heterocycles. The van der Waals surface area contributed by atoms with E-state index in [1.807, 2.05) is 18.7 Å². The van der Waals surface area contributed by atoms with Crippen LogP contribution >= 0.6 is 0 Å². The van der Waals surface area contributed by atoms with Crippen molar-refractivity contribution in [3.63, 3.8) is 0 Å². The van der Waals surface area contributed by atoms with Gasteiger partial charge in [-0.15, -0.1) is 0 Å². The highest BCUT2D eigenvalue weighted by Crippen LogP contribution is 2.27. The van der Waals surface area contributed by atoms with Crippen LogP contribution in [0.1, 0.15) is 38.1 Å². The molecule has 1 amide bonds. The van der Waals surface area contributed by atoms with Gasteiger partial charge in [0.15, 0.2) is 5.75 Å². The first-order valence-corrected chi connectivity index (χ1v) is 6.61. The molecule has 0 bridgehead atoms. The molecular weight excluding hydrogens is 240 g/mol. The van der Waals surface area contributed by atoms with Gasteiger partial charge in [-0.05, 0) is 31.9 Å². The van der Waals surface area contributed by atoms with E-state index in [0.717, 1.165) is 0 Å². The molecule has 0 radical (unpaired) electrons. The predicted octanol–water partition coefficient (Wildman–Crippen LogP) is 2.78. The third-order valence-corrected chi connectivity index (χ3v) is 2.93. The Morgan fingerprint density at radius 2 is 1.95 bits per heavy atom. The maximum Gasteiger partial charge on any atom is 0.257 e. The van der Waals surface area contributed by atoms with Crippen LogP contribution in [-0.4, -0.2) is 30.5 Å². The van der Waals surface area contributed by atoms with Crippen LogP contribution in [0, 0.1) is 5.92 Å². The summed E-state index contributed by atoms with van der Waals surface area (Å²) in [5, 5.41) is 0. The van der Waals surface area contributed by atoms with Gasteiger partial charge < -0.3 is 15.4 Å². The lowest BCUT2D eigenvalue weighted by Crippen LogP contribution is -2.39. The first-order chi connectivity index (χ1) is 8.88. The average molecular weight is 264 g/mol. The Bertz CT molecular complexity index is 442. The second-order valence-electron chi connectivity index (χ2n) is 5.37. The molecule has 0 atom stereocenters. The second-order valence-corrected chi connectivity index (χ2v) is 5.37. The van der Waals surface area contributed by atoms with E-state index < -0.39 is 0 Å². The summed E-state index contributed by atoms with van der Waals surface area (Å²) in [4.78, 5) is 14.5. The molecule has 4 heteroatoms. The molecule has 19 heavy (non-hydrogen) atoms. The number of carbonyl (C=O) groups excluding carboxylic acids is 1. The van der Waals surface area contributed by atoms with E-state index in [-0.39, 0.29) is 11.9 Å². The van der Waals surface area contributed by atoms with Gasteiger partial charge in [0.05, 0.1) is 18.4 Å². The Hall–Kier alpha value is -1.71. The highest BCUT2D eigenvalue weighted by molar-refractivity contribution is 5.98. The van der Waals surface area contributed by atoms with E-state index in [4.69, 9.17) is 10.5 Å². The largest absolute Gasteiger partial charge is 0.494 e. The molecule has 0 heterocycles. The van der Waals surface area contributed by atoms with Crippen LogP contribution in [0.5, 0.6) is 5.75 Å². The predicted molar refractivity (Wildman–Crippen MR) is 78.4 cm³/mol. The minimum absolute atomic E-state index is 0.0344. The van der Waals surface area contributed by atoms with Gasteiger partial charge in [0.2, 0.25) is 0 Å². The Labute approximate surface area is 115 Å². The summed E-state index contributed by atoms with van der Waals surface area (Å²) in [5.41, 5.74) is 6.86. The van der Waals surface area contributed by atoms with Gasteiger partial charge in [-0.2, -0.15) is 0 Å². The number of benzene rings is 1. The molecule has 0 fully saturated rings.